The highest BCUT2D eigenvalue weighted by Crippen LogP contribution is 2.30. The van der Waals surface area contributed by atoms with E-state index in [1.54, 1.807) is 22.6 Å². The summed E-state index contributed by atoms with van der Waals surface area (Å²) in [6, 6.07) is 0. The molecule has 3 nitrogen and oxygen atoms in total. The molecule has 0 bridgehead atoms. The van der Waals surface area contributed by atoms with E-state index in [9.17, 15) is 13.6 Å². The van der Waals surface area contributed by atoms with Crippen LogP contribution in [0.25, 0.3) is 0 Å². The Balaban J connectivity index is 3.49. The monoisotopic (exact) mass is 391 g/mol. The van der Waals surface area contributed by atoms with E-state index in [-0.39, 0.29) is 10.9 Å². The normalized spacial score (nSPS) is 10.7. The summed E-state index contributed by atoms with van der Waals surface area (Å²) in [4.78, 5) is 14.5. The van der Waals surface area contributed by atoms with Crippen molar-refractivity contribution in [3.05, 3.63) is 26.6 Å². The standard InChI is InChI=1S/C8H5BrF2INO2/c9-1-3-5(6(10)11)4(8(14)15)2-13-7(3)12/h2,6H,1H2,(H,14,15). The Morgan fingerprint density at radius 2 is 2.27 bits per heavy atom. The summed E-state index contributed by atoms with van der Waals surface area (Å²) >= 11 is 4.83. The van der Waals surface area contributed by atoms with Crippen LogP contribution in [0.15, 0.2) is 6.20 Å². The SMILES string of the molecule is O=C(O)c1cnc(I)c(CBr)c1C(F)F. The van der Waals surface area contributed by atoms with Gasteiger partial charge in [0, 0.05) is 22.7 Å². The maximum Gasteiger partial charge on any atom is 0.337 e. The molecular formula is C8H5BrF2INO2. The van der Waals surface area contributed by atoms with E-state index in [0.717, 1.165) is 6.20 Å². The van der Waals surface area contributed by atoms with Crippen LogP contribution >= 0.6 is 38.5 Å². The van der Waals surface area contributed by atoms with Gasteiger partial charge in [-0.25, -0.2) is 18.6 Å². The molecule has 0 unspecified atom stereocenters. The highest BCUT2D eigenvalue weighted by atomic mass is 127. The second kappa shape index (κ2) is 5.15. The number of carbonyl (C=O) groups is 1. The van der Waals surface area contributed by atoms with Gasteiger partial charge < -0.3 is 5.11 Å². The van der Waals surface area contributed by atoms with Gasteiger partial charge in [0.2, 0.25) is 0 Å². The number of pyridine rings is 1. The third-order valence-electron chi connectivity index (χ3n) is 1.75. The molecule has 0 aliphatic rings. The fourth-order valence-corrected chi connectivity index (χ4v) is 2.80. The maximum absolute atomic E-state index is 12.7. The van der Waals surface area contributed by atoms with Crippen molar-refractivity contribution in [2.75, 3.05) is 0 Å². The first-order valence-corrected chi connectivity index (χ1v) is 5.93. The van der Waals surface area contributed by atoms with E-state index < -0.39 is 23.5 Å². The number of carboxylic acids is 1. The zero-order valence-electron chi connectivity index (χ0n) is 7.18. The predicted octanol–water partition coefficient (Wildman–Crippen LogP) is 3.22. The number of halogens is 4. The molecule has 15 heavy (non-hydrogen) atoms. The molecule has 82 valence electrons. The van der Waals surface area contributed by atoms with Gasteiger partial charge in [-0.15, -0.1) is 0 Å². The lowest BCUT2D eigenvalue weighted by atomic mass is 10.1. The summed E-state index contributed by atoms with van der Waals surface area (Å²) in [5.74, 6) is -1.39. The van der Waals surface area contributed by atoms with Crippen LogP contribution in [0, 0.1) is 3.70 Å². The van der Waals surface area contributed by atoms with Crippen LogP contribution in [0.4, 0.5) is 8.78 Å². The third-order valence-corrected chi connectivity index (χ3v) is 3.24. The molecule has 1 aromatic rings. The average Bonchev–Trinajstić information content (AvgIpc) is 2.16. The summed E-state index contributed by atoms with van der Waals surface area (Å²) in [5, 5.41) is 8.89. The summed E-state index contributed by atoms with van der Waals surface area (Å²) in [5.41, 5.74) is -0.677. The largest absolute Gasteiger partial charge is 0.478 e. The lowest BCUT2D eigenvalue weighted by Crippen LogP contribution is -2.09. The molecule has 1 N–H and O–H groups in total. The Morgan fingerprint density at radius 1 is 1.67 bits per heavy atom. The Labute approximate surface area is 106 Å². The highest BCUT2D eigenvalue weighted by molar-refractivity contribution is 14.1. The number of hydrogen-bond donors (Lipinski definition) is 1. The van der Waals surface area contributed by atoms with Crippen LogP contribution in [0.1, 0.15) is 27.9 Å². The quantitative estimate of drug-likeness (QED) is 0.489. The van der Waals surface area contributed by atoms with Crippen LogP contribution in [-0.2, 0) is 5.33 Å². The molecule has 1 heterocycles. The van der Waals surface area contributed by atoms with Crippen molar-refractivity contribution in [3.63, 3.8) is 0 Å². The molecule has 0 radical (unpaired) electrons. The minimum atomic E-state index is -2.82. The maximum atomic E-state index is 12.7. The Kier molecular flexibility index (Phi) is 4.38. The number of rotatable bonds is 3. The molecule has 0 fully saturated rings. The van der Waals surface area contributed by atoms with Gasteiger partial charge in [0.05, 0.1) is 5.56 Å². The van der Waals surface area contributed by atoms with Gasteiger partial charge in [-0.05, 0) is 22.6 Å². The summed E-state index contributed by atoms with van der Waals surface area (Å²) in [6.07, 6.45) is -1.86. The molecule has 7 heteroatoms. The van der Waals surface area contributed by atoms with Crippen LogP contribution in [0.2, 0.25) is 0 Å². The van der Waals surface area contributed by atoms with Crippen molar-refractivity contribution in [2.24, 2.45) is 0 Å². The fourth-order valence-electron chi connectivity index (χ4n) is 1.09. The van der Waals surface area contributed by atoms with Gasteiger partial charge in [-0.2, -0.15) is 0 Å². The van der Waals surface area contributed by atoms with Gasteiger partial charge in [0.15, 0.2) is 0 Å². The summed E-state index contributed by atoms with van der Waals surface area (Å²) < 4.78 is 25.8. The van der Waals surface area contributed by atoms with Crippen LogP contribution in [0.3, 0.4) is 0 Å². The second-order valence-electron chi connectivity index (χ2n) is 2.59. The van der Waals surface area contributed by atoms with E-state index in [2.05, 4.69) is 20.9 Å². The number of alkyl halides is 3. The zero-order chi connectivity index (χ0) is 11.6. The molecule has 1 rings (SSSR count). The van der Waals surface area contributed by atoms with Crippen LogP contribution < -0.4 is 0 Å². The Hall–Kier alpha value is -0.310. The van der Waals surface area contributed by atoms with Crippen molar-refractivity contribution in [1.29, 1.82) is 0 Å². The van der Waals surface area contributed by atoms with Crippen LogP contribution in [-0.4, -0.2) is 16.1 Å². The first-order chi connectivity index (χ1) is 6.99. The number of hydrogen-bond acceptors (Lipinski definition) is 2. The van der Waals surface area contributed by atoms with Crippen molar-refractivity contribution in [2.45, 2.75) is 11.8 Å². The zero-order valence-corrected chi connectivity index (χ0v) is 10.9. The topological polar surface area (TPSA) is 50.2 Å². The van der Waals surface area contributed by atoms with Gasteiger partial charge >= 0.3 is 5.97 Å². The molecule has 0 aliphatic carbocycles. The average molecular weight is 392 g/mol. The predicted molar refractivity (Wildman–Crippen MR) is 61.5 cm³/mol. The second-order valence-corrected chi connectivity index (χ2v) is 4.18. The van der Waals surface area contributed by atoms with Crippen molar-refractivity contribution >= 4 is 44.5 Å². The van der Waals surface area contributed by atoms with Gasteiger partial charge in [0.1, 0.15) is 3.70 Å². The molecular weight excluding hydrogens is 387 g/mol. The number of nitrogens with zero attached hydrogens (tertiary/aromatic N) is 1. The molecule has 0 saturated heterocycles. The first kappa shape index (κ1) is 12.8. The van der Waals surface area contributed by atoms with Crippen molar-refractivity contribution in [1.82, 2.24) is 4.98 Å². The molecule has 1 aromatic heterocycles. The number of aromatic carboxylic acids is 1. The number of aromatic nitrogens is 1. The van der Waals surface area contributed by atoms with Gasteiger partial charge in [0.25, 0.3) is 6.43 Å². The van der Waals surface area contributed by atoms with Crippen molar-refractivity contribution in [3.8, 4) is 0 Å². The summed E-state index contributed by atoms with van der Waals surface area (Å²) in [7, 11) is 0. The first-order valence-electron chi connectivity index (χ1n) is 3.73. The van der Waals surface area contributed by atoms with Gasteiger partial charge in [-0.1, -0.05) is 15.9 Å². The highest BCUT2D eigenvalue weighted by Gasteiger charge is 2.23. The molecule has 0 amide bonds. The summed E-state index contributed by atoms with van der Waals surface area (Å²) in [6.45, 7) is 0. The lowest BCUT2D eigenvalue weighted by Gasteiger charge is -2.10. The number of carboxylic acid groups (broad SMARTS) is 1. The van der Waals surface area contributed by atoms with Gasteiger partial charge in [-0.3, -0.25) is 0 Å². The van der Waals surface area contributed by atoms with Crippen LogP contribution in [0.5, 0.6) is 0 Å². The van der Waals surface area contributed by atoms with E-state index in [4.69, 9.17) is 5.11 Å². The smallest absolute Gasteiger partial charge is 0.337 e. The third kappa shape index (κ3) is 2.63. The van der Waals surface area contributed by atoms with Crippen molar-refractivity contribution < 1.29 is 18.7 Å². The molecule has 0 atom stereocenters. The minimum absolute atomic E-state index is 0.152. The van der Waals surface area contributed by atoms with E-state index in [1.807, 2.05) is 0 Å². The Morgan fingerprint density at radius 3 is 2.67 bits per heavy atom. The molecule has 0 aromatic carbocycles. The molecule has 0 spiro atoms. The minimum Gasteiger partial charge on any atom is -0.478 e. The molecule has 0 aliphatic heterocycles. The van der Waals surface area contributed by atoms with E-state index in [1.165, 1.54) is 0 Å². The Bertz CT molecular complexity index is 400. The van der Waals surface area contributed by atoms with E-state index in [0.29, 0.717) is 3.70 Å². The van der Waals surface area contributed by atoms with E-state index >= 15 is 0 Å². The lowest BCUT2D eigenvalue weighted by molar-refractivity contribution is 0.0683. The molecule has 0 saturated carbocycles. The fraction of sp³-hybridized carbons (Fsp3) is 0.250.